The van der Waals surface area contributed by atoms with Crippen molar-refractivity contribution in [1.82, 2.24) is 9.55 Å². The number of sulfone groups is 1. The number of benzene rings is 2. The Morgan fingerprint density at radius 3 is 2.60 bits per heavy atom. The van der Waals surface area contributed by atoms with Gasteiger partial charge < -0.3 is 9.88 Å². The fourth-order valence-corrected chi connectivity index (χ4v) is 3.34. The van der Waals surface area contributed by atoms with E-state index in [1.165, 1.54) is 12.1 Å². The van der Waals surface area contributed by atoms with Crippen molar-refractivity contribution in [3.63, 3.8) is 0 Å². The van der Waals surface area contributed by atoms with Gasteiger partial charge in [-0.25, -0.2) is 13.4 Å². The van der Waals surface area contributed by atoms with Gasteiger partial charge in [0.15, 0.2) is 9.84 Å². The Morgan fingerprint density at radius 2 is 1.88 bits per heavy atom. The zero-order valence-corrected chi connectivity index (χ0v) is 15.1. The Morgan fingerprint density at radius 1 is 1.16 bits per heavy atom. The second-order valence-electron chi connectivity index (χ2n) is 6.03. The lowest BCUT2D eigenvalue weighted by molar-refractivity contribution is -0.116. The molecule has 0 unspecified atom stereocenters. The number of imidazole rings is 1. The van der Waals surface area contributed by atoms with Gasteiger partial charge >= 0.3 is 0 Å². The van der Waals surface area contributed by atoms with Crippen LogP contribution in [0.3, 0.4) is 0 Å². The van der Waals surface area contributed by atoms with Crippen LogP contribution in [0.5, 0.6) is 0 Å². The van der Waals surface area contributed by atoms with Gasteiger partial charge in [-0.2, -0.15) is 0 Å². The van der Waals surface area contributed by atoms with E-state index in [0.717, 1.165) is 28.7 Å². The minimum Gasteiger partial charge on any atom is -0.324 e. The van der Waals surface area contributed by atoms with Crippen LogP contribution >= 0.6 is 0 Å². The van der Waals surface area contributed by atoms with Crippen LogP contribution in [0.2, 0.25) is 0 Å². The molecule has 130 valence electrons. The predicted molar refractivity (Wildman–Crippen MR) is 97.4 cm³/mol. The summed E-state index contributed by atoms with van der Waals surface area (Å²) in [6.07, 6.45) is 1.14. The number of hydrogen-bond acceptors (Lipinski definition) is 4. The molecule has 0 atom stereocenters. The minimum absolute atomic E-state index is 0.106. The van der Waals surface area contributed by atoms with Gasteiger partial charge in [-0.15, -0.1) is 0 Å². The molecule has 3 aromatic rings. The number of aryl methyl sites for hydroxylation is 2. The van der Waals surface area contributed by atoms with Gasteiger partial charge in [0.25, 0.3) is 0 Å². The molecule has 6 nitrogen and oxygen atoms in total. The molecule has 1 heterocycles. The molecule has 0 aliphatic carbocycles. The average molecular weight is 357 g/mol. The summed E-state index contributed by atoms with van der Waals surface area (Å²) in [5, 5.41) is 2.80. The normalized spacial score (nSPS) is 11.6. The highest BCUT2D eigenvalue weighted by molar-refractivity contribution is 7.90. The van der Waals surface area contributed by atoms with Crippen LogP contribution < -0.4 is 5.32 Å². The molecule has 1 amide bonds. The molecule has 1 N–H and O–H groups in total. The van der Waals surface area contributed by atoms with E-state index in [1.54, 1.807) is 6.07 Å². The van der Waals surface area contributed by atoms with Crippen molar-refractivity contribution < 1.29 is 13.2 Å². The zero-order valence-electron chi connectivity index (χ0n) is 14.3. The summed E-state index contributed by atoms with van der Waals surface area (Å²) in [6, 6.07) is 12.3. The van der Waals surface area contributed by atoms with Crippen LogP contribution in [0.25, 0.3) is 11.0 Å². The summed E-state index contributed by atoms with van der Waals surface area (Å²) in [4.78, 5) is 17.1. The van der Waals surface area contributed by atoms with Gasteiger partial charge in [0, 0.05) is 11.9 Å². The molecule has 7 heteroatoms. The van der Waals surface area contributed by atoms with Crippen molar-refractivity contribution in [2.45, 2.75) is 25.3 Å². The van der Waals surface area contributed by atoms with Crippen molar-refractivity contribution in [3.05, 3.63) is 53.9 Å². The first kappa shape index (κ1) is 17.2. The van der Waals surface area contributed by atoms with E-state index in [1.807, 2.05) is 42.7 Å². The van der Waals surface area contributed by atoms with E-state index < -0.39 is 9.84 Å². The summed E-state index contributed by atoms with van der Waals surface area (Å²) >= 11 is 0. The smallest absolute Gasteiger partial charge is 0.244 e. The number of para-hydroxylation sites is 2. The fraction of sp³-hybridized carbons (Fsp3) is 0.222. The summed E-state index contributed by atoms with van der Waals surface area (Å²) < 4.78 is 25.2. The lowest BCUT2D eigenvalue weighted by atomic mass is 10.2. The number of rotatable bonds is 4. The predicted octanol–water partition coefficient (Wildman–Crippen LogP) is 2.70. The molecule has 0 saturated heterocycles. The molecule has 3 rings (SSSR count). The third-order valence-corrected chi connectivity index (χ3v) is 5.17. The number of fused-ring (bicyclic) bond motifs is 1. The van der Waals surface area contributed by atoms with E-state index in [9.17, 15) is 13.2 Å². The second-order valence-corrected chi connectivity index (χ2v) is 8.05. The first-order valence-corrected chi connectivity index (χ1v) is 9.67. The number of amides is 1. The highest BCUT2D eigenvalue weighted by Gasteiger charge is 2.14. The molecule has 0 aliphatic heterocycles. The van der Waals surface area contributed by atoms with Crippen LogP contribution in [0.4, 0.5) is 5.69 Å². The van der Waals surface area contributed by atoms with Gasteiger partial charge in [0.1, 0.15) is 12.4 Å². The average Bonchev–Trinajstić information content (AvgIpc) is 2.84. The molecule has 0 spiro atoms. The Balaban J connectivity index is 1.87. The second kappa shape index (κ2) is 6.33. The molecule has 1 aromatic heterocycles. The molecule has 0 fully saturated rings. The summed E-state index contributed by atoms with van der Waals surface area (Å²) in [7, 11) is -3.33. The lowest BCUT2D eigenvalue weighted by Gasteiger charge is -2.11. The number of carbonyl (C=O) groups is 1. The Labute approximate surface area is 146 Å². The van der Waals surface area contributed by atoms with Crippen LogP contribution in [0.1, 0.15) is 11.4 Å². The zero-order chi connectivity index (χ0) is 18.2. The molecule has 0 radical (unpaired) electrons. The SMILES string of the molecule is Cc1ccc(S(C)(=O)=O)cc1NC(=O)Cn1c(C)nc2ccccc21. The maximum Gasteiger partial charge on any atom is 0.244 e. The number of anilines is 1. The summed E-state index contributed by atoms with van der Waals surface area (Å²) in [5.74, 6) is 0.512. The van der Waals surface area contributed by atoms with Crippen LogP contribution in [0, 0.1) is 13.8 Å². The van der Waals surface area contributed by atoms with Gasteiger partial charge in [0.2, 0.25) is 5.91 Å². The standard InChI is InChI=1S/C18H19N3O3S/c1-12-8-9-14(25(3,23)24)10-16(12)20-18(22)11-21-13(2)19-15-6-4-5-7-17(15)21/h4-10H,11H2,1-3H3,(H,20,22). The molecule has 25 heavy (non-hydrogen) atoms. The monoisotopic (exact) mass is 357 g/mol. The molecular weight excluding hydrogens is 338 g/mol. The van der Waals surface area contributed by atoms with Crippen molar-refractivity contribution in [1.29, 1.82) is 0 Å². The van der Waals surface area contributed by atoms with Crippen LogP contribution in [-0.2, 0) is 21.2 Å². The van der Waals surface area contributed by atoms with Gasteiger partial charge in [-0.3, -0.25) is 4.79 Å². The van der Waals surface area contributed by atoms with Crippen LogP contribution in [-0.4, -0.2) is 30.1 Å². The fourth-order valence-electron chi connectivity index (χ4n) is 2.70. The van der Waals surface area contributed by atoms with Crippen molar-refractivity contribution >= 4 is 32.5 Å². The van der Waals surface area contributed by atoms with E-state index in [2.05, 4.69) is 10.3 Å². The van der Waals surface area contributed by atoms with E-state index in [-0.39, 0.29) is 17.3 Å². The first-order valence-electron chi connectivity index (χ1n) is 7.78. The maximum absolute atomic E-state index is 12.5. The lowest BCUT2D eigenvalue weighted by Crippen LogP contribution is -2.20. The number of nitrogens with zero attached hydrogens (tertiary/aromatic N) is 2. The van der Waals surface area contributed by atoms with Crippen molar-refractivity contribution in [2.75, 3.05) is 11.6 Å². The molecule has 2 aromatic carbocycles. The van der Waals surface area contributed by atoms with Crippen molar-refractivity contribution in [2.24, 2.45) is 0 Å². The highest BCUT2D eigenvalue weighted by Crippen LogP contribution is 2.21. The quantitative estimate of drug-likeness (QED) is 0.778. The molecular formula is C18H19N3O3S. The number of aromatic nitrogens is 2. The topological polar surface area (TPSA) is 81.1 Å². The Hall–Kier alpha value is -2.67. The van der Waals surface area contributed by atoms with E-state index in [4.69, 9.17) is 0 Å². The van der Waals surface area contributed by atoms with Gasteiger partial charge in [-0.1, -0.05) is 18.2 Å². The van der Waals surface area contributed by atoms with E-state index in [0.29, 0.717) is 5.69 Å². The van der Waals surface area contributed by atoms with E-state index >= 15 is 0 Å². The van der Waals surface area contributed by atoms with Crippen molar-refractivity contribution in [3.8, 4) is 0 Å². The first-order chi connectivity index (χ1) is 11.8. The Kier molecular flexibility index (Phi) is 4.34. The largest absolute Gasteiger partial charge is 0.324 e. The molecule has 0 bridgehead atoms. The third-order valence-electron chi connectivity index (χ3n) is 4.06. The molecule has 0 saturated carbocycles. The van der Waals surface area contributed by atoms with Crippen LogP contribution in [0.15, 0.2) is 47.4 Å². The van der Waals surface area contributed by atoms with Gasteiger partial charge in [-0.05, 0) is 43.7 Å². The number of nitrogens with one attached hydrogen (secondary N) is 1. The minimum atomic E-state index is -3.33. The number of hydrogen-bond donors (Lipinski definition) is 1. The summed E-state index contributed by atoms with van der Waals surface area (Å²) in [5.41, 5.74) is 3.02. The summed E-state index contributed by atoms with van der Waals surface area (Å²) in [6.45, 7) is 3.78. The highest BCUT2D eigenvalue weighted by atomic mass is 32.2. The maximum atomic E-state index is 12.5. The van der Waals surface area contributed by atoms with Gasteiger partial charge in [0.05, 0.1) is 15.9 Å². The Bertz CT molecular complexity index is 1070. The number of carbonyl (C=O) groups excluding carboxylic acids is 1. The third kappa shape index (κ3) is 3.56. The molecule has 0 aliphatic rings.